The third kappa shape index (κ3) is 5.61. The number of halogens is 1. The average Bonchev–Trinajstić information content (AvgIpc) is 3.59. The Balaban J connectivity index is 1.44. The Bertz CT molecular complexity index is 1370. The number of fused-ring (bicyclic) bond motifs is 1. The van der Waals surface area contributed by atoms with Gasteiger partial charge in [-0.25, -0.2) is 13.4 Å². The number of hydrogen-bond acceptors (Lipinski definition) is 7. The Kier molecular flexibility index (Phi) is 8.37. The number of thiazole rings is 1. The minimum Gasteiger partial charge on any atom is -0.379 e. The third-order valence-electron chi connectivity index (χ3n) is 7.26. The Labute approximate surface area is 233 Å². The van der Waals surface area contributed by atoms with Gasteiger partial charge in [-0.1, -0.05) is 46.7 Å². The molecule has 1 atom stereocenters. The van der Waals surface area contributed by atoms with E-state index in [-0.39, 0.29) is 10.8 Å². The van der Waals surface area contributed by atoms with E-state index in [0.29, 0.717) is 49.3 Å². The second-order valence-electron chi connectivity index (χ2n) is 9.92. The van der Waals surface area contributed by atoms with Crippen LogP contribution in [0.5, 0.6) is 0 Å². The van der Waals surface area contributed by atoms with Gasteiger partial charge in [0.1, 0.15) is 6.04 Å². The summed E-state index contributed by atoms with van der Waals surface area (Å²) in [5, 5.41) is 1.15. The van der Waals surface area contributed by atoms with E-state index in [0.717, 1.165) is 47.4 Å². The maximum absolute atomic E-state index is 14.1. The number of anilines is 1. The topological polar surface area (TPSA) is 83.1 Å². The number of sulfonamides is 1. The van der Waals surface area contributed by atoms with Crippen LogP contribution in [0.4, 0.5) is 5.13 Å². The molecule has 1 unspecified atom stereocenters. The highest BCUT2D eigenvalue weighted by molar-refractivity contribution is 7.89. The van der Waals surface area contributed by atoms with E-state index in [1.807, 2.05) is 26.0 Å². The average molecular weight is 577 g/mol. The highest BCUT2D eigenvalue weighted by Crippen LogP contribution is 2.37. The van der Waals surface area contributed by atoms with Crippen molar-refractivity contribution >= 4 is 54.2 Å². The maximum atomic E-state index is 14.1. The van der Waals surface area contributed by atoms with Crippen molar-refractivity contribution < 1.29 is 17.9 Å². The Morgan fingerprint density at radius 3 is 2.58 bits per heavy atom. The highest BCUT2D eigenvalue weighted by Gasteiger charge is 2.42. The number of hydrogen-bond donors (Lipinski definition) is 0. The molecule has 2 aromatic carbocycles. The van der Waals surface area contributed by atoms with Gasteiger partial charge in [-0.2, -0.15) is 4.31 Å². The van der Waals surface area contributed by atoms with Gasteiger partial charge in [-0.15, -0.1) is 0 Å². The van der Waals surface area contributed by atoms with Gasteiger partial charge in [0.15, 0.2) is 5.13 Å². The van der Waals surface area contributed by atoms with E-state index in [9.17, 15) is 13.2 Å². The molecule has 2 aliphatic rings. The van der Waals surface area contributed by atoms with E-state index in [4.69, 9.17) is 21.3 Å². The molecule has 0 aliphatic carbocycles. The number of nitrogens with zero attached hydrogens (tertiary/aromatic N) is 4. The summed E-state index contributed by atoms with van der Waals surface area (Å²) in [6, 6.07) is 9.79. The van der Waals surface area contributed by atoms with Gasteiger partial charge in [0, 0.05) is 32.7 Å². The normalized spacial score (nSPS) is 19.3. The number of morpholine rings is 1. The number of rotatable bonds is 8. The van der Waals surface area contributed by atoms with E-state index in [2.05, 4.69) is 4.90 Å². The standard InChI is InChI=1S/C27H33ClN4O4S2/c1-19-6-9-21(10-7-19)38(34,35)32-14-3-5-23(32)26(33)31(13-4-12-30-15-17-36-18-16-30)27-29-24-20(2)8-11-22(28)25(24)37-27/h6-11,23H,3-5,12-18H2,1-2H3. The van der Waals surface area contributed by atoms with E-state index >= 15 is 0 Å². The first kappa shape index (κ1) is 27.5. The van der Waals surface area contributed by atoms with Crippen molar-refractivity contribution in [3.8, 4) is 0 Å². The lowest BCUT2D eigenvalue weighted by Crippen LogP contribution is -2.48. The van der Waals surface area contributed by atoms with E-state index in [1.54, 1.807) is 29.2 Å². The van der Waals surface area contributed by atoms with Gasteiger partial charge in [0.25, 0.3) is 0 Å². The maximum Gasteiger partial charge on any atom is 0.247 e. The Hall–Kier alpha value is -2.08. The van der Waals surface area contributed by atoms with Gasteiger partial charge >= 0.3 is 0 Å². The van der Waals surface area contributed by atoms with Crippen LogP contribution in [0.3, 0.4) is 0 Å². The fourth-order valence-corrected chi connectivity index (χ4v) is 8.08. The molecule has 2 fully saturated rings. The molecule has 0 radical (unpaired) electrons. The molecule has 3 aromatic rings. The van der Waals surface area contributed by atoms with Crippen LogP contribution in [-0.4, -0.2) is 80.5 Å². The van der Waals surface area contributed by atoms with Crippen molar-refractivity contribution in [2.75, 3.05) is 50.8 Å². The van der Waals surface area contributed by atoms with Crippen molar-refractivity contribution in [1.29, 1.82) is 0 Å². The molecule has 38 heavy (non-hydrogen) atoms. The summed E-state index contributed by atoms with van der Waals surface area (Å²) < 4.78 is 34.8. The number of carbonyl (C=O) groups excluding carboxylic acids is 1. The predicted molar refractivity (Wildman–Crippen MR) is 152 cm³/mol. The van der Waals surface area contributed by atoms with Gasteiger partial charge in [-0.05, 0) is 56.9 Å². The van der Waals surface area contributed by atoms with Crippen LogP contribution in [0.25, 0.3) is 10.2 Å². The largest absolute Gasteiger partial charge is 0.379 e. The molecule has 204 valence electrons. The van der Waals surface area contributed by atoms with Crippen LogP contribution >= 0.6 is 22.9 Å². The molecule has 0 N–H and O–H groups in total. The van der Waals surface area contributed by atoms with Crippen LogP contribution in [0.2, 0.25) is 5.02 Å². The molecule has 0 saturated carbocycles. The summed E-state index contributed by atoms with van der Waals surface area (Å²) in [6.45, 7) is 8.65. The number of benzene rings is 2. The first-order chi connectivity index (χ1) is 18.3. The minimum atomic E-state index is -3.82. The van der Waals surface area contributed by atoms with Gasteiger partial charge in [-0.3, -0.25) is 14.6 Å². The molecule has 1 aromatic heterocycles. The number of aromatic nitrogens is 1. The molecular weight excluding hydrogens is 544 g/mol. The van der Waals surface area contributed by atoms with Crippen LogP contribution in [0, 0.1) is 13.8 Å². The minimum absolute atomic E-state index is 0.212. The molecule has 1 amide bonds. The molecule has 0 bridgehead atoms. The van der Waals surface area contributed by atoms with Crippen LogP contribution in [-0.2, 0) is 19.6 Å². The number of carbonyl (C=O) groups is 1. The molecule has 11 heteroatoms. The predicted octanol–water partition coefficient (Wildman–Crippen LogP) is 4.48. The summed E-state index contributed by atoms with van der Waals surface area (Å²) >= 11 is 7.87. The second kappa shape index (κ2) is 11.6. The summed E-state index contributed by atoms with van der Waals surface area (Å²) in [4.78, 5) is 23.2. The zero-order valence-corrected chi connectivity index (χ0v) is 24.1. The molecule has 8 nitrogen and oxygen atoms in total. The fraction of sp³-hybridized carbons (Fsp3) is 0.481. The smallest absolute Gasteiger partial charge is 0.247 e. The van der Waals surface area contributed by atoms with Gasteiger partial charge in [0.05, 0.1) is 33.3 Å². The lowest BCUT2D eigenvalue weighted by Gasteiger charge is -2.30. The molecule has 2 saturated heterocycles. The number of aryl methyl sites for hydroxylation is 2. The zero-order chi connectivity index (χ0) is 26.9. The number of amides is 1. The lowest BCUT2D eigenvalue weighted by atomic mass is 10.2. The van der Waals surface area contributed by atoms with Crippen molar-refractivity contribution in [2.45, 2.75) is 44.0 Å². The summed E-state index contributed by atoms with van der Waals surface area (Å²) in [5.74, 6) is -0.229. The summed E-state index contributed by atoms with van der Waals surface area (Å²) in [7, 11) is -3.82. The van der Waals surface area contributed by atoms with E-state index < -0.39 is 16.1 Å². The summed E-state index contributed by atoms with van der Waals surface area (Å²) in [6.07, 6.45) is 1.86. The van der Waals surface area contributed by atoms with Crippen molar-refractivity contribution in [2.24, 2.45) is 0 Å². The monoisotopic (exact) mass is 576 g/mol. The SMILES string of the molecule is Cc1ccc(S(=O)(=O)N2CCCC2C(=O)N(CCCN2CCOCC2)c2nc3c(C)ccc(Cl)c3s2)cc1. The van der Waals surface area contributed by atoms with Crippen molar-refractivity contribution in [3.05, 3.63) is 52.5 Å². The third-order valence-corrected chi connectivity index (χ3v) is 10.7. The second-order valence-corrected chi connectivity index (χ2v) is 13.2. The molecule has 2 aliphatic heterocycles. The van der Waals surface area contributed by atoms with E-state index in [1.165, 1.54) is 15.6 Å². The lowest BCUT2D eigenvalue weighted by molar-refractivity contribution is -0.121. The van der Waals surface area contributed by atoms with Crippen molar-refractivity contribution in [3.63, 3.8) is 0 Å². The molecule has 3 heterocycles. The van der Waals surface area contributed by atoms with Crippen molar-refractivity contribution in [1.82, 2.24) is 14.2 Å². The highest BCUT2D eigenvalue weighted by atomic mass is 35.5. The fourth-order valence-electron chi connectivity index (χ4n) is 5.08. The van der Waals surface area contributed by atoms with Crippen LogP contribution in [0.1, 0.15) is 30.4 Å². The van der Waals surface area contributed by atoms with Gasteiger partial charge in [0.2, 0.25) is 15.9 Å². The van der Waals surface area contributed by atoms with Crippen LogP contribution in [0.15, 0.2) is 41.3 Å². The number of ether oxygens (including phenoxy) is 1. The molecular formula is C27H33ClN4O4S2. The molecule has 5 rings (SSSR count). The summed E-state index contributed by atoms with van der Waals surface area (Å²) in [5.41, 5.74) is 2.74. The Morgan fingerprint density at radius 1 is 1.13 bits per heavy atom. The molecule has 0 spiro atoms. The first-order valence-corrected chi connectivity index (χ1v) is 15.6. The Morgan fingerprint density at radius 2 is 1.87 bits per heavy atom. The van der Waals surface area contributed by atoms with Gasteiger partial charge < -0.3 is 4.74 Å². The van der Waals surface area contributed by atoms with Crippen LogP contribution < -0.4 is 4.90 Å². The first-order valence-electron chi connectivity index (χ1n) is 13.0. The quantitative estimate of drug-likeness (QED) is 0.393. The zero-order valence-electron chi connectivity index (χ0n) is 21.7.